The summed E-state index contributed by atoms with van der Waals surface area (Å²) in [5.41, 5.74) is 3.89. The lowest BCUT2D eigenvalue weighted by atomic mass is 9.93. The maximum absolute atomic E-state index is 13.5. The Kier molecular flexibility index (Phi) is 5.30. The Labute approximate surface area is 179 Å². The maximum atomic E-state index is 13.5. The molecule has 4 nitrogen and oxygen atoms in total. The smallest absolute Gasteiger partial charge is 0.271 e. The minimum Gasteiger partial charge on any atom is -0.284 e. The van der Waals surface area contributed by atoms with Gasteiger partial charge in [0, 0.05) is 27.8 Å². The molecule has 0 aliphatic carbocycles. The van der Waals surface area contributed by atoms with Gasteiger partial charge < -0.3 is 0 Å². The molecule has 0 unspecified atom stereocenters. The van der Waals surface area contributed by atoms with E-state index in [2.05, 4.69) is 25.6 Å². The first kappa shape index (κ1) is 19.6. The lowest BCUT2D eigenvalue weighted by molar-refractivity contribution is 0.603. The molecule has 0 atom stereocenters. The van der Waals surface area contributed by atoms with Crippen molar-refractivity contribution in [3.05, 3.63) is 79.8 Å². The molecule has 4 rings (SSSR count). The van der Waals surface area contributed by atoms with Crippen LogP contribution in [0.5, 0.6) is 0 Å². The number of aliphatic imine (C=N–C) groups is 1. The Bertz CT molecular complexity index is 1170. The Morgan fingerprint density at radius 1 is 1.14 bits per heavy atom. The van der Waals surface area contributed by atoms with E-state index in [1.165, 1.54) is 18.2 Å². The zero-order chi connectivity index (χ0) is 19.9. The third kappa shape index (κ3) is 3.87. The molecular weight excluding hydrogens is 487 g/mol. The van der Waals surface area contributed by atoms with Crippen LogP contribution in [0.15, 0.2) is 62.2 Å². The molecule has 0 radical (unpaired) electrons. The highest BCUT2D eigenvalue weighted by atomic mass is 79.9. The third-order valence-electron chi connectivity index (χ3n) is 4.27. The summed E-state index contributed by atoms with van der Waals surface area (Å²) >= 11 is 10.1. The van der Waals surface area contributed by atoms with E-state index in [0.717, 1.165) is 33.7 Å². The second kappa shape index (κ2) is 7.59. The average molecular weight is 500 g/mol. The number of anilines is 1. The van der Waals surface area contributed by atoms with Crippen LogP contribution >= 0.6 is 38.9 Å². The molecule has 0 bridgehead atoms. The molecule has 28 heavy (non-hydrogen) atoms. The van der Waals surface area contributed by atoms with Crippen molar-refractivity contribution in [2.75, 3.05) is 11.3 Å². The second-order valence-corrected chi connectivity index (χ2v) is 10.6. The van der Waals surface area contributed by atoms with Gasteiger partial charge in [-0.2, -0.15) is 0 Å². The van der Waals surface area contributed by atoms with Crippen molar-refractivity contribution >= 4 is 60.3 Å². The van der Waals surface area contributed by atoms with E-state index in [9.17, 15) is 12.8 Å². The number of hydrogen-bond acceptors (Lipinski definition) is 4. The van der Waals surface area contributed by atoms with Crippen LogP contribution in [0.1, 0.15) is 16.7 Å². The summed E-state index contributed by atoms with van der Waals surface area (Å²) in [6, 6.07) is 13.1. The number of rotatable bonds is 4. The fourth-order valence-electron chi connectivity index (χ4n) is 2.98. The van der Waals surface area contributed by atoms with Crippen molar-refractivity contribution in [2.24, 2.45) is 4.99 Å². The summed E-state index contributed by atoms with van der Waals surface area (Å²) < 4.78 is 42.1. The van der Waals surface area contributed by atoms with Crippen molar-refractivity contribution in [1.82, 2.24) is 0 Å². The average Bonchev–Trinajstić information content (AvgIpc) is 3.01. The standard InChI is InChI=1S/C19H13BrClFN2O2S2/c20-16-10-17(27-19(16)21)28(25,26)24-14-4-1-11(2-5-14)18-15-6-3-13(22)9-12(15)7-8-23-18/h1-6,9-10,24H,7-8H2. The fourth-order valence-corrected chi connectivity index (χ4v) is 6.34. The van der Waals surface area contributed by atoms with Gasteiger partial charge in [-0.25, -0.2) is 12.8 Å². The predicted molar refractivity (Wildman–Crippen MR) is 115 cm³/mol. The van der Waals surface area contributed by atoms with Gasteiger partial charge in [-0.15, -0.1) is 11.3 Å². The number of sulfonamides is 1. The van der Waals surface area contributed by atoms with Gasteiger partial charge in [-0.3, -0.25) is 9.71 Å². The highest BCUT2D eigenvalue weighted by Gasteiger charge is 2.20. The molecule has 9 heteroatoms. The lowest BCUT2D eigenvalue weighted by Crippen LogP contribution is -2.15. The first-order chi connectivity index (χ1) is 13.3. The topological polar surface area (TPSA) is 58.5 Å². The highest BCUT2D eigenvalue weighted by Crippen LogP contribution is 2.35. The van der Waals surface area contributed by atoms with E-state index >= 15 is 0 Å². The van der Waals surface area contributed by atoms with Gasteiger partial charge >= 0.3 is 0 Å². The minimum atomic E-state index is -3.72. The summed E-state index contributed by atoms with van der Waals surface area (Å²) in [4.78, 5) is 4.57. The van der Waals surface area contributed by atoms with Gasteiger partial charge in [-0.1, -0.05) is 23.7 Å². The third-order valence-corrected chi connectivity index (χ3v) is 8.60. The van der Waals surface area contributed by atoms with Crippen molar-refractivity contribution < 1.29 is 12.8 Å². The SMILES string of the molecule is O=S(=O)(Nc1ccc(C2=NCCc3cc(F)ccc32)cc1)c1cc(Br)c(Cl)s1. The maximum Gasteiger partial charge on any atom is 0.271 e. The lowest BCUT2D eigenvalue weighted by Gasteiger charge is -2.17. The first-order valence-electron chi connectivity index (χ1n) is 8.25. The second-order valence-electron chi connectivity index (χ2n) is 6.15. The van der Waals surface area contributed by atoms with Crippen LogP contribution in [-0.4, -0.2) is 20.7 Å². The van der Waals surface area contributed by atoms with Crippen LogP contribution in [0.4, 0.5) is 10.1 Å². The number of thiophene rings is 1. The zero-order valence-electron chi connectivity index (χ0n) is 14.2. The van der Waals surface area contributed by atoms with E-state index in [-0.39, 0.29) is 10.0 Å². The first-order valence-corrected chi connectivity index (χ1v) is 11.7. The van der Waals surface area contributed by atoms with Crippen molar-refractivity contribution in [1.29, 1.82) is 0 Å². The molecule has 2 heterocycles. The molecule has 0 saturated carbocycles. The number of fused-ring (bicyclic) bond motifs is 1. The van der Waals surface area contributed by atoms with Crippen molar-refractivity contribution in [3.8, 4) is 0 Å². The van der Waals surface area contributed by atoms with Gasteiger partial charge in [0.1, 0.15) is 14.4 Å². The van der Waals surface area contributed by atoms with Gasteiger partial charge in [0.05, 0.1) is 5.71 Å². The van der Waals surface area contributed by atoms with Crippen molar-refractivity contribution in [3.63, 3.8) is 0 Å². The van der Waals surface area contributed by atoms with E-state index in [1.807, 2.05) is 0 Å². The molecule has 2 aromatic carbocycles. The van der Waals surface area contributed by atoms with Gasteiger partial charge in [0.2, 0.25) is 0 Å². The summed E-state index contributed by atoms with van der Waals surface area (Å²) in [7, 11) is -3.72. The quantitative estimate of drug-likeness (QED) is 0.515. The summed E-state index contributed by atoms with van der Waals surface area (Å²) in [5, 5.41) is 0. The van der Waals surface area contributed by atoms with Gasteiger partial charge in [0.25, 0.3) is 10.0 Å². The number of nitrogens with zero attached hydrogens (tertiary/aromatic N) is 1. The van der Waals surface area contributed by atoms with E-state index < -0.39 is 10.0 Å². The van der Waals surface area contributed by atoms with Crippen molar-refractivity contribution in [2.45, 2.75) is 10.6 Å². The normalized spacial score (nSPS) is 13.8. The molecule has 3 aromatic rings. The predicted octanol–water partition coefficient (Wildman–Crippen LogP) is 5.50. The number of halogens is 3. The monoisotopic (exact) mass is 498 g/mol. The molecule has 1 aromatic heterocycles. The molecular formula is C19H13BrClFN2O2S2. The molecule has 144 valence electrons. The van der Waals surface area contributed by atoms with E-state index in [1.54, 1.807) is 30.3 Å². The Hall–Kier alpha value is -1.74. The van der Waals surface area contributed by atoms with E-state index in [0.29, 0.717) is 27.5 Å². The van der Waals surface area contributed by atoms with Crippen LogP contribution in [0.3, 0.4) is 0 Å². The Morgan fingerprint density at radius 2 is 1.89 bits per heavy atom. The van der Waals surface area contributed by atoms with Gasteiger partial charge in [0.15, 0.2) is 0 Å². The number of hydrogen-bond donors (Lipinski definition) is 1. The molecule has 1 aliphatic rings. The van der Waals surface area contributed by atoms with Crippen LogP contribution < -0.4 is 4.72 Å². The number of benzene rings is 2. The van der Waals surface area contributed by atoms with Crippen LogP contribution in [0.25, 0.3) is 0 Å². The minimum absolute atomic E-state index is 0.126. The fraction of sp³-hybridized carbons (Fsp3) is 0.105. The molecule has 0 saturated heterocycles. The van der Waals surface area contributed by atoms with E-state index in [4.69, 9.17) is 11.6 Å². The summed E-state index contributed by atoms with van der Waals surface area (Å²) in [6.07, 6.45) is 0.702. The van der Waals surface area contributed by atoms with Gasteiger partial charge in [-0.05, 0) is 64.3 Å². The molecule has 1 N–H and O–H groups in total. The largest absolute Gasteiger partial charge is 0.284 e. The zero-order valence-corrected chi connectivity index (χ0v) is 18.2. The number of nitrogens with one attached hydrogen (secondary N) is 1. The Morgan fingerprint density at radius 3 is 2.57 bits per heavy atom. The summed E-state index contributed by atoms with van der Waals surface area (Å²) in [5.74, 6) is -0.259. The summed E-state index contributed by atoms with van der Waals surface area (Å²) in [6.45, 7) is 0.591. The molecule has 1 aliphatic heterocycles. The van der Waals surface area contributed by atoms with Crippen LogP contribution in [-0.2, 0) is 16.4 Å². The molecule has 0 spiro atoms. The van der Waals surface area contributed by atoms with Crippen LogP contribution in [0.2, 0.25) is 4.34 Å². The highest BCUT2D eigenvalue weighted by molar-refractivity contribution is 9.10. The Balaban J connectivity index is 1.59. The molecule has 0 fully saturated rings. The molecule has 0 amide bonds. The van der Waals surface area contributed by atoms with Crippen LogP contribution in [0, 0.1) is 5.82 Å².